The van der Waals surface area contributed by atoms with Gasteiger partial charge in [-0.15, -0.1) is 13.2 Å². The van der Waals surface area contributed by atoms with Crippen molar-refractivity contribution in [1.29, 1.82) is 0 Å². The number of esters is 1. The van der Waals surface area contributed by atoms with Crippen molar-refractivity contribution in [3.63, 3.8) is 0 Å². The van der Waals surface area contributed by atoms with Crippen molar-refractivity contribution in [2.45, 2.75) is 19.7 Å². The Hall–Kier alpha value is -3.36. The normalized spacial score (nSPS) is 11.3. The Morgan fingerprint density at radius 2 is 1.45 bits per heavy atom. The van der Waals surface area contributed by atoms with Gasteiger partial charge in [-0.05, 0) is 55.5 Å². The van der Waals surface area contributed by atoms with Crippen molar-refractivity contribution in [1.82, 2.24) is 0 Å². The van der Waals surface area contributed by atoms with Crippen LogP contribution in [0.25, 0.3) is 0 Å². The zero-order valence-corrected chi connectivity index (χ0v) is 15.6. The van der Waals surface area contributed by atoms with E-state index in [9.17, 15) is 18.0 Å². The third-order valence-electron chi connectivity index (χ3n) is 3.33. The third kappa shape index (κ3) is 8.46. The van der Waals surface area contributed by atoms with Gasteiger partial charge < -0.3 is 14.2 Å². The van der Waals surface area contributed by atoms with Crippen molar-refractivity contribution in [2.24, 2.45) is 10.2 Å². The number of benzene rings is 2. The Kier molecular flexibility index (Phi) is 7.76. The number of azo groups is 1. The summed E-state index contributed by atoms with van der Waals surface area (Å²) < 4.78 is 50.6. The fourth-order valence-corrected chi connectivity index (χ4v) is 1.98. The average Bonchev–Trinajstić information content (AvgIpc) is 2.66. The molecule has 0 spiro atoms. The molecule has 0 atom stereocenters. The highest BCUT2D eigenvalue weighted by Gasteiger charge is 2.30. The van der Waals surface area contributed by atoms with Gasteiger partial charge in [0, 0.05) is 12.0 Å². The molecule has 0 unspecified atom stereocenters. The van der Waals surface area contributed by atoms with Crippen molar-refractivity contribution in [3.8, 4) is 11.5 Å². The van der Waals surface area contributed by atoms with E-state index in [4.69, 9.17) is 9.47 Å². The molecule has 0 fully saturated rings. The van der Waals surface area contributed by atoms with Crippen LogP contribution < -0.4 is 9.47 Å². The van der Waals surface area contributed by atoms with Crippen LogP contribution in [0.15, 0.2) is 70.9 Å². The molecule has 0 aromatic heterocycles. The van der Waals surface area contributed by atoms with Gasteiger partial charge in [0.25, 0.3) is 0 Å². The van der Waals surface area contributed by atoms with E-state index in [2.05, 4.69) is 21.5 Å². The average molecular weight is 408 g/mol. The van der Waals surface area contributed by atoms with Gasteiger partial charge in [0.1, 0.15) is 11.5 Å². The van der Waals surface area contributed by atoms with E-state index in [0.29, 0.717) is 35.7 Å². The molecule has 2 aromatic rings. The number of halogens is 3. The summed E-state index contributed by atoms with van der Waals surface area (Å²) in [5, 5.41) is 7.96. The lowest BCUT2D eigenvalue weighted by Gasteiger charge is -2.08. The lowest BCUT2D eigenvalue weighted by Crippen LogP contribution is -2.16. The predicted octanol–water partition coefficient (Wildman–Crippen LogP) is 5.89. The second kappa shape index (κ2) is 10.3. The third-order valence-corrected chi connectivity index (χ3v) is 3.33. The van der Waals surface area contributed by atoms with Crippen molar-refractivity contribution < 1.29 is 32.2 Å². The highest BCUT2D eigenvalue weighted by atomic mass is 19.4. The minimum Gasteiger partial charge on any atom is -0.493 e. The first-order chi connectivity index (χ1) is 13.7. The standard InChI is InChI=1S/C20H19F3N2O4/c1-14(2)19(26)28-13-3-12-27-17-8-4-15(5-9-17)24-25-16-6-10-18(11-7-16)29-20(21,22)23/h4-11H,1,3,12-13H2,2H3. The van der Waals surface area contributed by atoms with Crippen LogP contribution in [0, 0.1) is 0 Å². The minimum absolute atomic E-state index is 0.241. The summed E-state index contributed by atoms with van der Waals surface area (Å²) in [7, 11) is 0. The zero-order valence-electron chi connectivity index (χ0n) is 15.6. The first-order valence-corrected chi connectivity index (χ1v) is 8.56. The maximum absolute atomic E-state index is 12.1. The van der Waals surface area contributed by atoms with Crippen LogP contribution in [0.4, 0.5) is 24.5 Å². The molecule has 0 aliphatic rings. The van der Waals surface area contributed by atoms with E-state index in [-0.39, 0.29) is 12.4 Å². The van der Waals surface area contributed by atoms with E-state index in [0.717, 1.165) is 12.1 Å². The summed E-state index contributed by atoms with van der Waals surface area (Å²) in [6.07, 6.45) is -4.20. The van der Waals surface area contributed by atoms with E-state index in [1.165, 1.54) is 12.1 Å². The zero-order chi connectivity index (χ0) is 21.3. The molecule has 0 aliphatic carbocycles. The van der Waals surface area contributed by atoms with Crippen LogP contribution in [-0.2, 0) is 9.53 Å². The molecular formula is C20H19F3N2O4. The van der Waals surface area contributed by atoms with E-state index < -0.39 is 12.3 Å². The summed E-state index contributed by atoms with van der Waals surface area (Å²) >= 11 is 0. The molecule has 29 heavy (non-hydrogen) atoms. The Balaban J connectivity index is 1.78. The first kappa shape index (κ1) is 21.9. The smallest absolute Gasteiger partial charge is 0.493 e. The summed E-state index contributed by atoms with van der Waals surface area (Å²) in [6.45, 7) is 5.68. The number of alkyl halides is 3. The van der Waals surface area contributed by atoms with Crippen LogP contribution in [0.1, 0.15) is 13.3 Å². The van der Waals surface area contributed by atoms with Crippen molar-refractivity contribution >= 4 is 17.3 Å². The Morgan fingerprint density at radius 1 is 0.931 bits per heavy atom. The molecule has 9 heteroatoms. The summed E-state index contributed by atoms with van der Waals surface area (Å²) in [4.78, 5) is 11.2. The quantitative estimate of drug-likeness (QED) is 0.225. The molecule has 0 saturated carbocycles. The van der Waals surface area contributed by atoms with E-state index in [1.54, 1.807) is 31.2 Å². The molecule has 0 N–H and O–H groups in total. The maximum Gasteiger partial charge on any atom is 0.573 e. The van der Waals surface area contributed by atoms with Gasteiger partial charge in [-0.2, -0.15) is 10.2 Å². The van der Waals surface area contributed by atoms with Crippen molar-refractivity contribution in [2.75, 3.05) is 13.2 Å². The number of ether oxygens (including phenoxy) is 3. The Morgan fingerprint density at radius 3 is 1.93 bits per heavy atom. The van der Waals surface area contributed by atoms with Crippen LogP contribution in [0.3, 0.4) is 0 Å². The molecule has 0 heterocycles. The summed E-state index contributed by atoms with van der Waals surface area (Å²) in [5.41, 5.74) is 1.27. The number of carbonyl (C=O) groups is 1. The van der Waals surface area contributed by atoms with Crippen LogP contribution in [0.2, 0.25) is 0 Å². The molecule has 0 saturated heterocycles. The van der Waals surface area contributed by atoms with Crippen LogP contribution in [0.5, 0.6) is 11.5 Å². The van der Waals surface area contributed by atoms with Crippen LogP contribution >= 0.6 is 0 Å². The first-order valence-electron chi connectivity index (χ1n) is 8.56. The molecule has 2 aromatic carbocycles. The Labute approximate surface area is 165 Å². The topological polar surface area (TPSA) is 69.5 Å². The largest absolute Gasteiger partial charge is 0.573 e. The predicted molar refractivity (Wildman–Crippen MR) is 99.6 cm³/mol. The second-order valence-electron chi connectivity index (χ2n) is 5.85. The van der Waals surface area contributed by atoms with E-state index in [1.807, 2.05) is 0 Å². The number of hydrogen-bond donors (Lipinski definition) is 0. The number of rotatable bonds is 9. The lowest BCUT2D eigenvalue weighted by molar-refractivity contribution is -0.274. The summed E-state index contributed by atoms with van der Waals surface area (Å²) in [5.74, 6) is -0.140. The molecule has 0 bridgehead atoms. The van der Waals surface area contributed by atoms with Gasteiger partial charge in [-0.25, -0.2) is 4.79 Å². The molecule has 0 radical (unpaired) electrons. The molecule has 0 amide bonds. The molecule has 0 aliphatic heterocycles. The Bertz CT molecular complexity index is 848. The lowest BCUT2D eigenvalue weighted by atomic mass is 10.3. The van der Waals surface area contributed by atoms with Crippen molar-refractivity contribution in [3.05, 3.63) is 60.7 Å². The fourth-order valence-electron chi connectivity index (χ4n) is 1.98. The van der Waals surface area contributed by atoms with Gasteiger partial charge in [-0.3, -0.25) is 0 Å². The van der Waals surface area contributed by atoms with Crippen LogP contribution in [-0.4, -0.2) is 25.5 Å². The highest BCUT2D eigenvalue weighted by Crippen LogP contribution is 2.26. The van der Waals surface area contributed by atoms with E-state index >= 15 is 0 Å². The van der Waals surface area contributed by atoms with Gasteiger partial charge in [0.15, 0.2) is 0 Å². The molecule has 6 nitrogen and oxygen atoms in total. The van der Waals surface area contributed by atoms with Gasteiger partial charge >= 0.3 is 12.3 Å². The second-order valence-corrected chi connectivity index (χ2v) is 5.85. The minimum atomic E-state index is -4.73. The SMILES string of the molecule is C=C(C)C(=O)OCCCOc1ccc(N=Nc2ccc(OC(F)(F)F)cc2)cc1. The van der Waals surface area contributed by atoms with Gasteiger partial charge in [-0.1, -0.05) is 6.58 Å². The highest BCUT2D eigenvalue weighted by molar-refractivity contribution is 5.86. The number of nitrogens with zero attached hydrogens (tertiary/aromatic N) is 2. The van der Waals surface area contributed by atoms with Gasteiger partial charge in [0.2, 0.25) is 0 Å². The number of carbonyl (C=O) groups excluding carboxylic acids is 1. The summed E-state index contributed by atoms with van der Waals surface area (Å²) in [6, 6.07) is 11.8. The molecular weight excluding hydrogens is 389 g/mol. The monoisotopic (exact) mass is 408 g/mol. The molecule has 154 valence electrons. The van der Waals surface area contributed by atoms with Gasteiger partial charge in [0.05, 0.1) is 24.6 Å². The number of hydrogen-bond acceptors (Lipinski definition) is 6. The molecule has 2 rings (SSSR count). The fraction of sp³-hybridized carbons (Fsp3) is 0.250. The maximum atomic E-state index is 12.1.